The fraction of sp³-hybridized carbons (Fsp3) is 0.364. The van der Waals surface area contributed by atoms with Crippen LogP contribution < -0.4 is 0 Å². The van der Waals surface area contributed by atoms with Crippen LogP contribution in [0.4, 0.5) is 0 Å². The molecular formula is C11H12N. The van der Waals surface area contributed by atoms with E-state index in [0.29, 0.717) is 0 Å². The van der Waals surface area contributed by atoms with Gasteiger partial charge in [0.2, 0.25) is 0 Å². The summed E-state index contributed by atoms with van der Waals surface area (Å²) in [4.78, 5) is 4.01. The average molecular weight is 158 g/mol. The van der Waals surface area contributed by atoms with Gasteiger partial charge in [-0.05, 0) is 42.9 Å². The van der Waals surface area contributed by atoms with Crippen LogP contribution in [0.15, 0.2) is 18.3 Å². The summed E-state index contributed by atoms with van der Waals surface area (Å²) in [7, 11) is 0. The quantitative estimate of drug-likeness (QED) is 0.565. The van der Waals surface area contributed by atoms with Crippen molar-refractivity contribution in [2.45, 2.75) is 25.7 Å². The van der Waals surface area contributed by atoms with Crippen LogP contribution in [0.3, 0.4) is 0 Å². The Balaban J connectivity index is 2.36. The van der Waals surface area contributed by atoms with E-state index in [1.807, 2.05) is 6.20 Å². The molecule has 0 amide bonds. The van der Waals surface area contributed by atoms with E-state index in [1.165, 1.54) is 30.4 Å². The highest BCUT2D eigenvalue weighted by molar-refractivity contribution is 5.52. The molecule has 0 aliphatic heterocycles. The van der Waals surface area contributed by atoms with Gasteiger partial charge in [-0.3, -0.25) is 4.98 Å². The second-order valence-electron chi connectivity index (χ2n) is 3.14. The third-order valence-electron chi connectivity index (χ3n) is 2.22. The molecule has 0 atom stereocenters. The number of hydrogen-bond acceptors (Lipinski definition) is 1. The first kappa shape index (κ1) is 7.53. The molecule has 2 rings (SSSR count). The number of aryl methyl sites for hydroxylation is 1. The SMILES string of the molecule is [c]1nccc2c1CCCC/C=C\2. The molecular weight excluding hydrogens is 146 g/mol. The molecule has 0 fully saturated rings. The predicted octanol–water partition coefficient (Wildman–Crippen LogP) is 2.62. The number of pyridine rings is 1. The fourth-order valence-corrected chi connectivity index (χ4v) is 1.53. The minimum Gasteiger partial charge on any atom is -0.254 e. The van der Waals surface area contributed by atoms with Gasteiger partial charge in [0, 0.05) is 6.20 Å². The largest absolute Gasteiger partial charge is 0.254 e. The highest BCUT2D eigenvalue weighted by Gasteiger charge is 2.01. The zero-order chi connectivity index (χ0) is 8.23. The first-order valence-corrected chi connectivity index (χ1v) is 4.49. The van der Waals surface area contributed by atoms with Gasteiger partial charge in [0.15, 0.2) is 0 Å². The molecule has 61 valence electrons. The smallest absolute Gasteiger partial charge is 0.0927 e. The first-order valence-electron chi connectivity index (χ1n) is 4.49. The molecule has 0 saturated heterocycles. The average Bonchev–Trinajstić information content (AvgIpc) is 2.06. The number of rotatable bonds is 0. The maximum Gasteiger partial charge on any atom is 0.0927 e. The molecule has 1 radical (unpaired) electrons. The maximum atomic E-state index is 4.01. The molecule has 12 heavy (non-hydrogen) atoms. The number of hydrogen-bond donors (Lipinski definition) is 0. The van der Waals surface area contributed by atoms with Gasteiger partial charge in [-0.2, -0.15) is 0 Å². The van der Waals surface area contributed by atoms with Crippen LogP contribution in [0.1, 0.15) is 30.4 Å². The van der Waals surface area contributed by atoms with Gasteiger partial charge >= 0.3 is 0 Å². The van der Waals surface area contributed by atoms with E-state index in [2.05, 4.69) is 29.4 Å². The number of nitrogens with zero attached hydrogens (tertiary/aromatic N) is 1. The normalized spacial score (nSPS) is 19.0. The van der Waals surface area contributed by atoms with E-state index >= 15 is 0 Å². The third kappa shape index (κ3) is 1.55. The molecule has 0 saturated carbocycles. The van der Waals surface area contributed by atoms with Gasteiger partial charge in [0.25, 0.3) is 0 Å². The lowest BCUT2D eigenvalue weighted by Crippen LogP contribution is -1.93. The lowest BCUT2D eigenvalue weighted by atomic mass is 10.00. The van der Waals surface area contributed by atoms with Gasteiger partial charge in [0.1, 0.15) is 0 Å². The fourth-order valence-electron chi connectivity index (χ4n) is 1.53. The summed E-state index contributed by atoms with van der Waals surface area (Å²) in [5.74, 6) is 0. The van der Waals surface area contributed by atoms with Crippen molar-refractivity contribution in [3.63, 3.8) is 0 Å². The van der Waals surface area contributed by atoms with Crippen LogP contribution in [0.5, 0.6) is 0 Å². The number of allylic oxidation sites excluding steroid dienone is 1. The van der Waals surface area contributed by atoms with Crippen molar-refractivity contribution in [3.05, 3.63) is 35.7 Å². The minimum atomic E-state index is 1.13. The summed E-state index contributed by atoms with van der Waals surface area (Å²) in [6.45, 7) is 0. The summed E-state index contributed by atoms with van der Waals surface area (Å²) in [6.07, 6.45) is 14.2. The van der Waals surface area contributed by atoms with Crippen molar-refractivity contribution in [3.8, 4) is 0 Å². The molecule has 1 aliphatic rings. The zero-order valence-electron chi connectivity index (χ0n) is 7.09. The Hall–Kier alpha value is -1.11. The molecule has 0 spiro atoms. The van der Waals surface area contributed by atoms with Crippen LogP contribution >= 0.6 is 0 Å². The zero-order valence-corrected chi connectivity index (χ0v) is 7.09. The van der Waals surface area contributed by atoms with E-state index in [-0.39, 0.29) is 0 Å². The second-order valence-corrected chi connectivity index (χ2v) is 3.14. The van der Waals surface area contributed by atoms with Crippen LogP contribution in [-0.4, -0.2) is 4.98 Å². The number of aromatic nitrogens is 1. The summed E-state index contributed by atoms with van der Waals surface area (Å²) >= 11 is 0. The van der Waals surface area contributed by atoms with E-state index in [1.54, 1.807) is 0 Å². The van der Waals surface area contributed by atoms with E-state index in [4.69, 9.17) is 0 Å². The van der Waals surface area contributed by atoms with Gasteiger partial charge in [-0.1, -0.05) is 12.2 Å². The Kier molecular flexibility index (Phi) is 2.21. The predicted molar refractivity (Wildman–Crippen MR) is 49.7 cm³/mol. The molecule has 1 aromatic heterocycles. The van der Waals surface area contributed by atoms with Crippen LogP contribution in [-0.2, 0) is 6.42 Å². The highest BCUT2D eigenvalue weighted by Crippen LogP contribution is 2.16. The van der Waals surface area contributed by atoms with Crippen molar-refractivity contribution >= 4 is 6.08 Å². The summed E-state index contributed by atoms with van der Waals surface area (Å²) in [5.41, 5.74) is 2.57. The van der Waals surface area contributed by atoms with Crippen molar-refractivity contribution in [1.29, 1.82) is 0 Å². The standard InChI is InChI=1S/C11H12N/c1-2-4-6-11-9-12-8-7-10(11)5-3-1/h3,5,7-8H,1-2,4,6H2/b5-3-. The third-order valence-corrected chi connectivity index (χ3v) is 2.22. The van der Waals surface area contributed by atoms with Crippen molar-refractivity contribution in [2.24, 2.45) is 0 Å². The number of fused-ring (bicyclic) bond motifs is 1. The first-order chi connectivity index (χ1) is 5.97. The molecule has 1 aliphatic carbocycles. The minimum absolute atomic E-state index is 1.13. The van der Waals surface area contributed by atoms with E-state index in [9.17, 15) is 0 Å². The van der Waals surface area contributed by atoms with Gasteiger partial charge in [-0.15, -0.1) is 0 Å². The van der Waals surface area contributed by atoms with Crippen molar-refractivity contribution < 1.29 is 0 Å². The van der Waals surface area contributed by atoms with Gasteiger partial charge < -0.3 is 0 Å². The lowest BCUT2D eigenvalue weighted by Gasteiger charge is -2.06. The van der Waals surface area contributed by atoms with Crippen LogP contribution in [0.2, 0.25) is 0 Å². The monoisotopic (exact) mass is 158 g/mol. The molecule has 0 unspecified atom stereocenters. The Bertz CT molecular complexity index is 289. The summed E-state index contributed by atoms with van der Waals surface area (Å²) < 4.78 is 0. The highest BCUT2D eigenvalue weighted by atomic mass is 14.6. The van der Waals surface area contributed by atoms with Crippen LogP contribution in [0, 0.1) is 6.20 Å². The van der Waals surface area contributed by atoms with Gasteiger partial charge in [-0.25, -0.2) is 0 Å². The molecule has 0 aromatic carbocycles. The Morgan fingerprint density at radius 1 is 1.33 bits per heavy atom. The molecule has 1 heteroatoms. The molecule has 1 heterocycles. The lowest BCUT2D eigenvalue weighted by molar-refractivity contribution is 0.740. The Morgan fingerprint density at radius 2 is 2.33 bits per heavy atom. The molecule has 0 bridgehead atoms. The maximum absolute atomic E-state index is 4.01. The Morgan fingerprint density at radius 3 is 3.33 bits per heavy atom. The van der Waals surface area contributed by atoms with E-state index in [0.717, 1.165) is 6.42 Å². The van der Waals surface area contributed by atoms with Crippen molar-refractivity contribution in [1.82, 2.24) is 4.98 Å². The summed E-state index contributed by atoms with van der Waals surface area (Å²) in [5, 5.41) is 0. The topological polar surface area (TPSA) is 12.9 Å². The second kappa shape index (κ2) is 3.53. The van der Waals surface area contributed by atoms with Gasteiger partial charge in [0.05, 0.1) is 6.20 Å². The Labute approximate surface area is 73.1 Å². The van der Waals surface area contributed by atoms with E-state index < -0.39 is 0 Å². The molecule has 0 N–H and O–H groups in total. The van der Waals surface area contributed by atoms with Crippen LogP contribution in [0.25, 0.3) is 6.08 Å². The summed E-state index contributed by atoms with van der Waals surface area (Å²) in [6, 6.07) is 2.06. The van der Waals surface area contributed by atoms with Crippen molar-refractivity contribution in [2.75, 3.05) is 0 Å². The molecule has 1 nitrogen and oxygen atoms in total. The molecule has 1 aromatic rings.